The maximum absolute atomic E-state index is 12.6. The standard InChI is InChI=1S/C20H21NO5/c22-19(23)12-18-13-21(10-11-25-18)20(24)16-8-6-15(7-9-16)14-26-17-4-2-1-3-5-17/h1-9,18H,10-14H2,(H,22,23). The van der Waals surface area contributed by atoms with Crippen LogP contribution in [0, 0.1) is 0 Å². The number of carboxylic acid groups (broad SMARTS) is 1. The van der Waals surface area contributed by atoms with Crippen molar-refractivity contribution in [2.45, 2.75) is 19.1 Å². The minimum absolute atomic E-state index is 0.0977. The number of amides is 1. The van der Waals surface area contributed by atoms with Gasteiger partial charge in [-0.3, -0.25) is 9.59 Å². The second kappa shape index (κ2) is 8.49. The van der Waals surface area contributed by atoms with Crippen LogP contribution in [0.1, 0.15) is 22.3 Å². The van der Waals surface area contributed by atoms with E-state index < -0.39 is 12.1 Å². The van der Waals surface area contributed by atoms with E-state index in [0.29, 0.717) is 31.9 Å². The lowest BCUT2D eigenvalue weighted by Gasteiger charge is -2.32. The van der Waals surface area contributed by atoms with Crippen LogP contribution in [0.3, 0.4) is 0 Å². The van der Waals surface area contributed by atoms with E-state index in [1.165, 1.54) is 0 Å². The monoisotopic (exact) mass is 355 g/mol. The summed E-state index contributed by atoms with van der Waals surface area (Å²) in [4.78, 5) is 25.1. The Morgan fingerprint density at radius 3 is 2.54 bits per heavy atom. The molecule has 0 aromatic heterocycles. The molecule has 1 saturated heterocycles. The molecule has 0 saturated carbocycles. The van der Waals surface area contributed by atoms with Gasteiger partial charge in [0.15, 0.2) is 0 Å². The van der Waals surface area contributed by atoms with Gasteiger partial charge in [-0.2, -0.15) is 0 Å². The lowest BCUT2D eigenvalue weighted by Crippen LogP contribution is -2.46. The Bertz CT molecular complexity index is 745. The first-order valence-corrected chi connectivity index (χ1v) is 8.51. The zero-order valence-corrected chi connectivity index (χ0v) is 14.3. The number of carboxylic acids is 1. The Morgan fingerprint density at radius 1 is 1.12 bits per heavy atom. The van der Waals surface area contributed by atoms with Crippen molar-refractivity contribution in [3.05, 3.63) is 65.7 Å². The van der Waals surface area contributed by atoms with Gasteiger partial charge in [0, 0.05) is 18.7 Å². The van der Waals surface area contributed by atoms with Gasteiger partial charge >= 0.3 is 5.97 Å². The molecule has 0 aliphatic carbocycles. The molecule has 2 aromatic rings. The number of ether oxygens (including phenoxy) is 2. The summed E-state index contributed by atoms with van der Waals surface area (Å²) in [6, 6.07) is 16.8. The van der Waals surface area contributed by atoms with Crippen LogP contribution in [0.25, 0.3) is 0 Å². The van der Waals surface area contributed by atoms with Gasteiger partial charge in [0.05, 0.1) is 19.1 Å². The summed E-state index contributed by atoms with van der Waals surface area (Å²) in [7, 11) is 0. The van der Waals surface area contributed by atoms with E-state index in [1.807, 2.05) is 42.5 Å². The van der Waals surface area contributed by atoms with Gasteiger partial charge < -0.3 is 19.5 Å². The van der Waals surface area contributed by atoms with Crippen LogP contribution in [0.2, 0.25) is 0 Å². The third-order valence-electron chi connectivity index (χ3n) is 4.18. The Labute approximate surface area is 152 Å². The molecule has 1 unspecified atom stereocenters. The van der Waals surface area contributed by atoms with E-state index in [1.54, 1.807) is 17.0 Å². The molecule has 0 radical (unpaired) electrons. The zero-order valence-electron chi connectivity index (χ0n) is 14.3. The summed E-state index contributed by atoms with van der Waals surface area (Å²) in [5, 5.41) is 8.88. The van der Waals surface area contributed by atoms with E-state index >= 15 is 0 Å². The number of carbonyl (C=O) groups is 2. The second-order valence-electron chi connectivity index (χ2n) is 6.14. The number of carbonyl (C=O) groups excluding carboxylic acids is 1. The highest BCUT2D eigenvalue weighted by molar-refractivity contribution is 5.94. The number of hydrogen-bond acceptors (Lipinski definition) is 4. The summed E-state index contributed by atoms with van der Waals surface area (Å²) in [5.41, 5.74) is 1.54. The van der Waals surface area contributed by atoms with E-state index in [9.17, 15) is 9.59 Å². The largest absolute Gasteiger partial charge is 0.489 e. The van der Waals surface area contributed by atoms with E-state index in [-0.39, 0.29) is 12.3 Å². The van der Waals surface area contributed by atoms with Crippen LogP contribution in [-0.2, 0) is 16.1 Å². The average molecular weight is 355 g/mol. The molecule has 1 atom stereocenters. The molecule has 26 heavy (non-hydrogen) atoms. The van der Waals surface area contributed by atoms with Gasteiger partial charge in [0.25, 0.3) is 5.91 Å². The van der Waals surface area contributed by atoms with Crippen molar-refractivity contribution in [1.82, 2.24) is 4.90 Å². The maximum atomic E-state index is 12.6. The molecule has 6 heteroatoms. The predicted octanol–water partition coefficient (Wildman–Crippen LogP) is 2.58. The number of hydrogen-bond donors (Lipinski definition) is 1. The van der Waals surface area contributed by atoms with Gasteiger partial charge in [-0.25, -0.2) is 0 Å². The molecule has 6 nitrogen and oxygen atoms in total. The molecule has 0 spiro atoms. The fourth-order valence-electron chi connectivity index (χ4n) is 2.83. The van der Waals surface area contributed by atoms with Crippen molar-refractivity contribution in [2.75, 3.05) is 19.7 Å². The lowest BCUT2D eigenvalue weighted by atomic mass is 10.1. The zero-order chi connectivity index (χ0) is 18.4. The van der Waals surface area contributed by atoms with Crippen molar-refractivity contribution < 1.29 is 24.2 Å². The van der Waals surface area contributed by atoms with Crippen molar-refractivity contribution in [3.63, 3.8) is 0 Å². The summed E-state index contributed by atoms with van der Waals surface area (Å²) in [6.07, 6.45) is -0.553. The van der Waals surface area contributed by atoms with Gasteiger partial charge in [0.1, 0.15) is 12.4 Å². The Kier molecular flexibility index (Phi) is 5.86. The Balaban J connectivity index is 1.57. The SMILES string of the molecule is O=C(O)CC1CN(C(=O)c2ccc(COc3ccccc3)cc2)CCO1. The first-order chi connectivity index (χ1) is 12.6. The first kappa shape index (κ1) is 17.9. The maximum Gasteiger partial charge on any atom is 0.306 e. The van der Waals surface area contributed by atoms with Crippen molar-refractivity contribution >= 4 is 11.9 Å². The van der Waals surface area contributed by atoms with Gasteiger partial charge in [-0.15, -0.1) is 0 Å². The Morgan fingerprint density at radius 2 is 1.85 bits per heavy atom. The van der Waals surface area contributed by atoms with Crippen LogP contribution in [0.15, 0.2) is 54.6 Å². The first-order valence-electron chi connectivity index (χ1n) is 8.51. The summed E-state index contributed by atoms with van der Waals surface area (Å²) in [5.74, 6) is -0.239. The molecular formula is C20H21NO5. The third kappa shape index (κ3) is 4.83. The van der Waals surface area contributed by atoms with Crippen LogP contribution in [-0.4, -0.2) is 47.7 Å². The molecule has 136 valence electrons. The number of morpholine rings is 1. The number of para-hydroxylation sites is 1. The highest BCUT2D eigenvalue weighted by Gasteiger charge is 2.26. The molecule has 3 rings (SSSR count). The van der Waals surface area contributed by atoms with Crippen LogP contribution >= 0.6 is 0 Å². The minimum atomic E-state index is -0.924. The number of benzene rings is 2. The molecular weight excluding hydrogens is 334 g/mol. The predicted molar refractivity (Wildman–Crippen MR) is 95.1 cm³/mol. The van der Waals surface area contributed by atoms with Crippen molar-refractivity contribution in [3.8, 4) is 5.75 Å². The van der Waals surface area contributed by atoms with E-state index in [4.69, 9.17) is 14.6 Å². The fourth-order valence-corrected chi connectivity index (χ4v) is 2.83. The van der Waals surface area contributed by atoms with Crippen molar-refractivity contribution in [2.24, 2.45) is 0 Å². The quantitative estimate of drug-likeness (QED) is 0.862. The summed E-state index contributed by atoms with van der Waals surface area (Å²) < 4.78 is 11.1. The van der Waals surface area contributed by atoms with Crippen LogP contribution < -0.4 is 4.74 Å². The van der Waals surface area contributed by atoms with Crippen LogP contribution in [0.4, 0.5) is 0 Å². The van der Waals surface area contributed by atoms with E-state index in [2.05, 4.69) is 0 Å². The average Bonchev–Trinajstić information content (AvgIpc) is 2.67. The molecule has 1 fully saturated rings. The van der Waals surface area contributed by atoms with E-state index in [0.717, 1.165) is 11.3 Å². The lowest BCUT2D eigenvalue weighted by molar-refractivity contribution is -0.141. The normalized spacial score (nSPS) is 16.9. The van der Waals surface area contributed by atoms with Crippen molar-refractivity contribution in [1.29, 1.82) is 0 Å². The van der Waals surface area contributed by atoms with Gasteiger partial charge in [-0.1, -0.05) is 30.3 Å². The Hall–Kier alpha value is -2.86. The molecule has 1 aliphatic rings. The highest BCUT2D eigenvalue weighted by Crippen LogP contribution is 2.15. The number of nitrogens with zero attached hydrogens (tertiary/aromatic N) is 1. The minimum Gasteiger partial charge on any atom is -0.489 e. The summed E-state index contributed by atoms with van der Waals surface area (Å²) in [6.45, 7) is 1.54. The van der Waals surface area contributed by atoms with Gasteiger partial charge in [0.2, 0.25) is 0 Å². The molecule has 1 N–H and O–H groups in total. The molecule has 1 amide bonds. The number of aliphatic carboxylic acids is 1. The molecule has 2 aromatic carbocycles. The van der Waals surface area contributed by atoms with Gasteiger partial charge in [-0.05, 0) is 29.8 Å². The number of rotatable bonds is 6. The molecule has 1 aliphatic heterocycles. The highest BCUT2D eigenvalue weighted by atomic mass is 16.5. The summed E-state index contributed by atoms with van der Waals surface area (Å²) >= 11 is 0. The fraction of sp³-hybridized carbons (Fsp3) is 0.300. The van der Waals surface area contributed by atoms with Crippen LogP contribution in [0.5, 0.6) is 5.75 Å². The smallest absolute Gasteiger partial charge is 0.306 e. The topological polar surface area (TPSA) is 76.1 Å². The third-order valence-corrected chi connectivity index (χ3v) is 4.18. The molecule has 0 bridgehead atoms. The molecule has 1 heterocycles. The second-order valence-corrected chi connectivity index (χ2v) is 6.14.